The van der Waals surface area contributed by atoms with E-state index in [4.69, 9.17) is 11.6 Å². The molecule has 0 spiro atoms. The van der Waals surface area contributed by atoms with Crippen molar-refractivity contribution in [2.75, 3.05) is 38.5 Å². The molecule has 5 rings (SSSR count). The highest BCUT2D eigenvalue weighted by Crippen LogP contribution is 2.34. The molecule has 1 fully saturated rings. The smallest absolute Gasteiger partial charge is 0.247 e. The van der Waals surface area contributed by atoms with Gasteiger partial charge in [-0.3, -0.25) is 0 Å². The summed E-state index contributed by atoms with van der Waals surface area (Å²) >= 11 is 6.11. The number of halogens is 1. The fourth-order valence-electron chi connectivity index (χ4n) is 4.59. The predicted molar refractivity (Wildman–Crippen MR) is 149 cm³/mol. The molecule has 2 heterocycles. The normalized spacial score (nSPS) is 14.4. The Kier molecular flexibility index (Phi) is 7.49. The molecule has 1 saturated heterocycles. The highest BCUT2D eigenvalue weighted by molar-refractivity contribution is 7.89. The zero-order valence-electron chi connectivity index (χ0n) is 21.2. The summed E-state index contributed by atoms with van der Waals surface area (Å²) in [6.07, 6.45) is 2.35. The number of nitrogens with zero attached hydrogens (tertiary/aromatic N) is 5. The number of likely N-dealkylation sites (N-methyl/N-ethyl adjacent to an activating group) is 1. The quantitative estimate of drug-likeness (QED) is 0.320. The molecular weight excluding hydrogens is 524 g/mol. The van der Waals surface area contributed by atoms with Crippen LogP contribution in [0.2, 0.25) is 5.02 Å². The average Bonchev–Trinajstić information content (AvgIpc) is 3.43. The first-order valence-corrected chi connectivity index (χ1v) is 14.2. The van der Waals surface area contributed by atoms with Crippen molar-refractivity contribution in [1.29, 1.82) is 0 Å². The summed E-state index contributed by atoms with van der Waals surface area (Å²) in [6, 6.07) is 15.1. The zero-order valence-corrected chi connectivity index (χ0v) is 22.8. The molecule has 0 aliphatic carbocycles. The van der Waals surface area contributed by atoms with Gasteiger partial charge in [0.2, 0.25) is 16.0 Å². The zero-order chi connectivity index (χ0) is 26.9. The third-order valence-electron chi connectivity index (χ3n) is 6.77. The predicted octanol–water partition coefficient (Wildman–Crippen LogP) is 4.82. The summed E-state index contributed by atoms with van der Waals surface area (Å²) in [5, 5.41) is 22.4. The Morgan fingerprint density at radius 2 is 1.79 bits per heavy atom. The van der Waals surface area contributed by atoms with Crippen molar-refractivity contribution >= 4 is 44.3 Å². The molecule has 1 aliphatic heterocycles. The van der Waals surface area contributed by atoms with Gasteiger partial charge in [0.15, 0.2) is 0 Å². The van der Waals surface area contributed by atoms with E-state index in [1.54, 1.807) is 55.6 Å². The molecule has 0 saturated carbocycles. The first kappa shape index (κ1) is 26.3. The van der Waals surface area contributed by atoms with E-state index >= 15 is 0 Å². The second-order valence-corrected chi connectivity index (χ2v) is 12.0. The van der Waals surface area contributed by atoms with Crippen molar-refractivity contribution < 1.29 is 13.5 Å². The van der Waals surface area contributed by atoms with Gasteiger partial charge in [-0.25, -0.2) is 13.4 Å². The largest absolute Gasteiger partial charge is 0.507 e. The highest BCUT2D eigenvalue weighted by Gasteiger charge is 2.22. The molecule has 1 aromatic heterocycles. The molecule has 198 valence electrons. The van der Waals surface area contributed by atoms with Crippen LogP contribution in [-0.4, -0.2) is 71.1 Å². The van der Waals surface area contributed by atoms with Crippen LogP contribution in [0.3, 0.4) is 0 Å². The summed E-state index contributed by atoms with van der Waals surface area (Å²) in [5.41, 5.74) is 4.09. The number of phenols is 1. The van der Waals surface area contributed by atoms with Crippen LogP contribution in [0.5, 0.6) is 5.75 Å². The number of fused-ring (bicyclic) bond motifs is 1. The van der Waals surface area contributed by atoms with Crippen LogP contribution < -0.4 is 5.32 Å². The number of aromatic nitrogens is 3. The van der Waals surface area contributed by atoms with Crippen molar-refractivity contribution in [2.24, 2.45) is 0 Å². The van der Waals surface area contributed by atoms with Gasteiger partial charge in [0.25, 0.3) is 0 Å². The van der Waals surface area contributed by atoms with Crippen molar-refractivity contribution in [3.05, 3.63) is 65.2 Å². The van der Waals surface area contributed by atoms with Gasteiger partial charge in [-0.05, 0) is 98.6 Å². The molecule has 0 bridgehead atoms. The number of rotatable bonds is 8. The Labute approximate surface area is 227 Å². The number of aromatic hydroxyl groups is 1. The fraction of sp³-hybridized carbons (Fsp3) is 0.296. The van der Waals surface area contributed by atoms with Crippen LogP contribution >= 0.6 is 11.6 Å². The summed E-state index contributed by atoms with van der Waals surface area (Å²) in [4.78, 5) is 7.13. The minimum atomic E-state index is -3.58. The highest BCUT2D eigenvalue weighted by atomic mass is 35.5. The SMILES string of the molecule is Cc1cc(-c2cc(Cl)ccc2O)cc2nnc(Nc3ccc(S(=O)(=O)N(C)CCN4CCCC4)cc3)nc12. The number of hydrogen-bond acceptors (Lipinski definition) is 8. The van der Waals surface area contributed by atoms with Crippen LogP contribution in [0, 0.1) is 6.92 Å². The van der Waals surface area contributed by atoms with Crippen LogP contribution in [0.25, 0.3) is 22.2 Å². The molecule has 9 nitrogen and oxygen atoms in total. The van der Waals surface area contributed by atoms with E-state index in [0.717, 1.165) is 30.8 Å². The molecule has 0 radical (unpaired) electrons. The van der Waals surface area contributed by atoms with Gasteiger partial charge in [-0.2, -0.15) is 4.31 Å². The average molecular weight is 553 g/mol. The second kappa shape index (κ2) is 10.8. The molecule has 38 heavy (non-hydrogen) atoms. The molecular formula is C27H29ClN6O3S. The van der Waals surface area contributed by atoms with Gasteiger partial charge in [0, 0.05) is 36.4 Å². The summed E-state index contributed by atoms with van der Waals surface area (Å²) in [5.74, 6) is 0.410. The Bertz CT molecular complexity index is 1570. The maximum absolute atomic E-state index is 13.0. The van der Waals surface area contributed by atoms with E-state index in [2.05, 4.69) is 25.4 Å². The second-order valence-electron chi connectivity index (χ2n) is 9.48. The Hall–Kier alpha value is -3.31. The van der Waals surface area contributed by atoms with Crippen LogP contribution in [0.1, 0.15) is 18.4 Å². The number of hydrogen-bond donors (Lipinski definition) is 2. The number of sulfonamides is 1. The van der Waals surface area contributed by atoms with E-state index in [9.17, 15) is 13.5 Å². The lowest BCUT2D eigenvalue weighted by Crippen LogP contribution is -2.35. The molecule has 3 aromatic carbocycles. The Balaban J connectivity index is 1.31. The molecule has 1 aliphatic rings. The summed E-state index contributed by atoms with van der Waals surface area (Å²) < 4.78 is 27.4. The monoisotopic (exact) mass is 552 g/mol. The minimum absolute atomic E-state index is 0.121. The molecule has 0 unspecified atom stereocenters. The van der Waals surface area contributed by atoms with E-state index in [1.165, 1.54) is 17.1 Å². The minimum Gasteiger partial charge on any atom is -0.507 e. The maximum Gasteiger partial charge on any atom is 0.247 e. The molecule has 0 amide bonds. The van der Waals surface area contributed by atoms with E-state index in [-0.39, 0.29) is 16.6 Å². The van der Waals surface area contributed by atoms with Crippen LogP contribution in [-0.2, 0) is 10.0 Å². The van der Waals surface area contributed by atoms with Gasteiger partial charge < -0.3 is 15.3 Å². The number of benzene rings is 3. The van der Waals surface area contributed by atoms with Crippen molar-refractivity contribution in [1.82, 2.24) is 24.4 Å². The third-order valence-corrected chi connectivity index (χ3v) is 8.87. The van der Waals surface area contributed by atoms with E-state index in [1.807, 2.05) is 13.0 Å². The summed E-state index contributed by atoms with van der Waals surface area (Å²) in [7, 11) is -1.96. The first-order chi connectivity index (χ1) is 18.2. The molecule has 0 atom stereocenters. The number of anilines is 2. The lowest BCUT2D eigenvalue weighted by Gasteiger charge is -2.21. The van der Waals surface area contributed by atoms with Gasteiger partial charge in [-0.1, -0.05) is 11.6 Å². The number of phenolic OH excluding ortho intramolecular Hbond substituents is 1. The number of aryl methyl sites for hydroxylation is 1. The lowest BCUT2D eigenvalue weighted by atomic mass is 10.0. The van der Waals surface area contributed by atoms with Gasteiger partial charge in [0.1, 0.15) is 11.3 Å². The van der Waals surface area contributed by atoms with E-state index in [0.29, 0.717) is 33.9 Å². The molecule has 4 aromatic rings. The van der Waals surface area contributed by atoms with Gasteiger partial charge in [-0.15, -0.1) is 10.2 Å². The van der Waals surface area contributed by atoms with Gasteiger partial charge >= 0.3 is 0 Å². The van der Waals surface area contributed by atoms with Crippen molar-refractivity contribution in [2.45, 2.75) is 24.7 Å². The van der Waals surface area contributed by atoms with Crippen LogP contribution in [0.15, 0.2) is 59.5 Å². The van der Waals surface area contributed by atoms with Crippen LogP contribution in [0.4, 0.5) is 11.6 Å². The Morgan fingerprint density at radius 3 is 2.53 bits per heavy atom. The van der Waals surface area contributed by atoms with Gasteiger partial charge in [0.05, 0.1) is 10.4 Å². The topological polar surface area (TPSA) is 112 Å². The summed E-state index contributed by atoms with van der Waals surface area (Å²) in [6.45, 7) is 5.17. The van der Waals surface area contributed by atoms with Crippen molar-refractivity contribution in [3.63, 3.8) is 0 Å². The first-order valence-electron chi connectivity index (χ1n) is 12.4. The third kappa shape index (κ3) is 5.58. The standard InChI is InChI=1S/C27H29ClN6O3S/c1-18-15-19(23-17-20(28)5-10-25(23)35)16-24-26(18)30-27(32-31-24)29-21-6-8-22(9-7-21)38(36,37)33(2)13-14-34-11-3-4-12-34/h5-10,15-17,35H,3-4,11-14H2,1-2H3,(H,29,30,32). The molecule has 2 N–H and O–H groups in total. The Morgan fingerprint density at radius 1 is 1.05 bits per heavy atom. The van der Waals surface area contributed by atoms with Crippen molar-refractivity contribution in [3.8, 4) is 16.9 Å². The number of likely N-dealkylation sites (tertiary alicyclic amines) is 1. The maximum atomic E-state index is 13.0. The lowest BCUT2D eigenvalue weighted by molar-refractivity contribution is 0.310. The number of nitrogens with one attached hydrogen (secondary N) is 1. The molecule has 11 heteroatoms. The van der Waals surface area contributed by atoms with E-state index < -0.39 is 10.0 Å². The fourth-order valence-corrected chi connectivity index (χ4v) is 5.92.